The van der Waals surface area contributed by atoms with Gasteiger partial charge >= 0.3 is 0 Å². The second-order valence-corrected chi connectivity index (χ2v) is 3.88. The summed E-state index contributed by atoms with van der Waals surface area (Å²) in [4.78, 5) is 7.12. The van der Waals surface area contributed by atoms with Crippen molar-refractivity contribution in [1.29, 1.82) is 0 Å². The fraction of sp³-hybridized carbons (Fsp3) is 0.308. The third-order valence-corrected chi connectivity index (χ3v) is 2.54. The average Bonchev–Trinajstić information content (AvgIpc) is 2.81. The molecule has 2 rings (SSSR count). The Morgan fingerprint density at radius 3 is 2.78 bits per heavy atom. The summed E-state index contributed by atoms with van der Waals surface area (Å²) in [6.45, 7) is 2.24. The lowest BCUT2D eigenvalue weighted by Crippen LogP contribution is -1.85. The third-order valence-electron chi connectivity index (χ3n) is 2.54. The highest BCUT2D eigenvalue weighted by atomic mass is 16.4. The zero-order valence-corrected chi connectivity index (χ0v) is 10.2. The smallest absolute Gasteiger partial charge is 0.200 e. The molecule has 0 bridgehead atoms. The van der Waals surface area contributed by atoms with Gasteiger partial charge in [-0.15, -0.1) is 0 Å². The summed E-state index contributed by atoms with van der Waals surface area (Å²) < 4.78 is 5.64. The quantitative estimate of drug-likeness (QED) is 0.449. The Kier molecular flexibility index (Phi) is 3.99. The molecule has 0 aliphatic carbocycles. The molecule has 0 aliphatic heterocycles. The van der Waals surface area contributed by atoms with Crippen LogP contribution in [-0.4, -0.2) is 4.98 Å². The van der Waals surface area contributed by atoms with E-state index in [1.54, 1.807) is 0 Å². The fourth-order valence-electron chi connectivity index (χ4n) is 1.78. The number of oxazole rings is 1. The van der Waals surface area contributed by atoms with E-state index >= 15 is 0 Å². The van der Waals surface area contributed by atoms with Crippen LogP contribution in [0.5, 0.6) is 0 Å². The number of aryl methyl sites for hydroxylation is 1. The van der Waals surface area contributed by atoms with E-state index in [0.29, 0.717) is 5.89 Å². The molecule has 5 heteroatoms. The molecule has 0 N–H and O–H groups in total. The van der Waals surface area contributed by atoms with Gasteiger partial charge in [0.2, 0.25) is 5.89 Å². The van der Waals surface area contributed by atoms with Crippen LogP contribution in [0.4, 0.5) is 0 Å². The molecule has 0 saturated carbocycles. The first-order valence-corrected chi connectivity index (χ1v) is 5.90. The summed E-state index contributed by atoms with van der Waals surface area (Å²) in [6.07, 6.45) is 1.81. The van der Waals surface area contributed by atoms with E-state index in [0.717, 1.165) is 29.9 Å². The molecule has 18 heavy (non-hydrogen) atoms. The minimum absolute atomic E-state index is 0.153. The van der Waals surface area contributed by atoms with Crippen LogP contribution in [0.15, 0.2) is 39.9 Å². The van der Waals surface area contributed by atoms with Gasteiger partial charge in [-0.1, -0.05) is 42.4 Å². The lowest BCUT2D eigenvalue weighted by molar-refractivity contribution is 0.455. The van der Waals surface area contributed by atoms with Gasteiger partial charge in [0.25, 0.3) is 0 Å². The zero-order valence-electron chi connectivity index (χ0n) is 10.2. The highest BCUT2D eigenvalue weighted by Crippen LogP contribution is 2.25. The van der Waals surface area contributed by atoms with Gasteiger partial charge in [-0.05, 0) is 12.0 Å². The van der Waals surface area contributed by atoms with E-state index in [4.69, 9.17) is 9.95 Å². The molecule has 2 aromatic rings. The molecular formula is C13H14N4O. The maximum Gasteiger partial charge on any atom is 0.200 e. The SMILES string of the molecule is CCCc1oc(CN=[N+]=[N-])nc1-c1ccccc1. The van der Waals surface area contributed by atoms with Gasteiger partial charge in [0.1, 0.15) is 18.0 Å². The molecule has 0 spiro atoms. The Bertz CT molecular complexity index is 556. The number of azide groups is 1. The van der Waals surface area contributed by atoms with Crippen molar-refractivity contribution in [2.75, 3.05) is 0 Å². The van der Waals surface area contributed by atoms with Crippen LogP contribution in [0.1, 0.15) is 25.0 Å². The number of rotatable bonds is 5. The van der Waals surface area contributed by atoms with Gasteiger partial charge < -0.3 is 4.42 Å². The molecule has 0 radical (unpaired) electrons. The first kappa shape index (κ1) is 12.2. The first-order valence-electron chi connectivity index (χ1n) is 5.90. The van der Waals surface area contributed by atoms with E-state index in [9.17, 15) is 0 Å². The molecular weight excluding hydrogens is 228 g/mol. The highest BCUT2D eigenvalue weighted by molar-refractivity contribution is 5.61. The lowest BCUT2D eigenvalue weighted by atomic mass is 10.1. The first-order chi connectivity index (χ1) is 8.85. The zero-order chi connectivity index (χ0) is 12.8. The Labute approximate surface area is 105 Å². The standard InChI is InChI=1S/C13H14N4O/c1-2-6-11-13(10-7-4-3-5-8-10)16-12(18-11)9-15-17-14/h3-5,7-8H,2,6,9H2,1H3. The Balaban J connectivity index is 2.38. The molecule has 92 valence electrons. The van der Waals surface area contributed by atoms with Gasteiger partial charge in [0.15, 0.2) is 0 Å². The highest BCUT2D eigenvalue weighted by Gasteiger charge is 2.13. The van der Waals surface area contributed by atoms with Crippen LogP contribution in [-0.2, 0) is 13.0 Å². The molecule has 1 heterocycles. The number of benzene rings is 1. The Hall–Kier alpha value is -2.26. The minimum atomic E-state index is 0.153. The molecule has 1 aromatic heterocycles. The van der Waals surface area contributed by atoms with Crippen molar-refractivity contribution in [3.63, 3.8) is 0 Å². The van der Waals surface area contributed by atoms with E-state index in [1.807, 2.05) is 30.3 Å². The summed E-state index contributed by atoms with van der Waals surface area (Å²) in [5, 5.41) is 3.47. The van der Waals surface area contributed by atoms with Crippen molar-refractivity contribution in [3.05, 3.63) is 52.4 Å². The number of hydrogen-bond acceptors (Lipinski definition) is 3. The van der Waals surface area contributed by atoms with Gasteiger partial charge in [-0.25, -0.2) is 4.98 Å². The molecule has 0 amide bonds. The maximum atomic E-state index is 8.31. The van der Waals surface area contributed by atoms with Crippen molar-refractivity contribution in [2.24, 2.45) is 5.11 Å². The van der Waals surface area contributed by atoms with Crippen LogP contribution in [0.3, 0.4) is 0 Å². The molecule has 0 aliphatic rings. The monoisotopic (exact) mass is 242 g/mol. The van der Waals surface area contributed by atoms with Gasteiger partial charge in [0, 0.05) is 16.9 Å². The molecule has 0 atom stereocenters. The van der Waals surface area contributed by atoms with Gasteiger partial charge in [-0.2, -0.15) is 0 Å². The summed E-state index contributed by atoms with van der Waals surface area (Å²) in [7, 11) is 0. The predicted molar refractivity (Wildman–Crippen MR) is 68.8 cm³/mol. The van der Waals surface area contributed by atoms with E-state index < -0.39 is 0 Å². The van der Waals surface area contributed by atoms with Crippen LogP contribution in [0.25, 0.3) is 21.7 Å². The summed E-state index contributed by atoms with van der Waals surface area (Å²) in [5.41, 5.74) is 10.2. The van der Waals surface area contributed by atoms with E-state index in [-0.39, 0.29) is 6.54 Å². The van der Waals surface area contributed by atoms with Crippen molar-refractivity contribution in [3.8, 4) is 11.3 Å². The lowest BCUT2D eigenvalue weighted by Gasteiger charge is -1.98. The second-order valence-electron chi connectivity index (χ2n) is 3.88. The third kappa shape index (κ3) is 2.70. The van der Waals surface area contributed by atoms with Crippen molar-refractivity contribution < 1.29 is 4.42 Å². The molecule has 1 aromatic carbocycles. The average molecular weight is 242 g/mol. The summed E-state index contributed by atoms with van der Waals surface area (Å²) in [5.74, 6) is 1.32. The van der Waals surface area contributed by atoms with Crippen molar-refractivity contribution >= 4 is 0 Å². The van der Waals surface area contributed by atoms with Crippen LogP contribution in [0.2, 0.25) is 0 Å². The van der Waals surface area contributed by atoms with Crippen LogP contribution >= 0.6 is 0 Å². The van der Waals surface area contributed by atoms with Crippen molar-refractivity contribution in [2.45, 2.75) is 26.3 Å². The number of nitrogens with zero attached hydrogens (tertiary/aromatic N) is 4. The number of aromatic nitrogens is 1. The maximum absolute atomic E-state index is 8.31. The molecule has 0 fully saturated rings. The Morgan fingerprint density at radius 1 is 1.33 bits per heavy atom. The van der Waals surface area contributed by atoms with E-state index in [2.05, 4.69) is 21.9 Å². The fourth-order valence-corrected chi connectivity index (χ4v) is 1.78. The second kappa shape index (κ2) is 5.89. The summed E-state index contributed by atoms with van der Waals surface area (Å²) in [6, 6.07) is 9.88. The minimum Gasteiger partial charge on any atom is -0.445 e. The normalized spacial score (nSPS) is 10.1. The van der Waals surface area contributed by atoms with E-state index in [1.165, 1.54) is 0 Å². The van der Waals surface area contributed by atoms with Crippen LogP contribution < -0.4 is 0 Å². The van der Waals surface area contributed by atoms with Crippen LogP contribution in [0, 0.1) is 0 Å². The topological polar surface area (TPSA) is 74.8 Å². The largest absolute Gasteiger partial charge is 0.445 e. The predicted octanol–water partition coefficient (Wildman–Crippen LogP) is 4.10. The Morgan fingerprint density at radius 2 is 2.11 bits per heavy atom. The number of hydrogen-bond donors (Lipinski definition) is 0. The molecule has 5 nitrogen and oxygen atoms in total. The van der Waals surface area contributed by atoms with Gasteiger partial charge in [-0.3, -0.25) is 0 Å². The van der Waals surface area contributed by atoms with Crippen molar-refractivity contribution in [1.82, 2.24) is 4.98 Å². The molecule has 0 saturated heterocycles. The van der Waals surface area contributed by atoms with Gasteiger partial charge in [0.05, 0.1) is 0 Å². The molecule has 0 unspecified atom stereocenters. The summed E-state index contributed by atoms with van der Waals surface area (Å²) >= 11 is 0.